The lowest BCUT2D eigenvalue weighted by Gasteiger charge is -2.48. The maximum Gasteiger partial charge on any atom is 0.233 e. The molecule has 2 unspecified atom stereocenters. The van der Waals surface area contributed by atoms with Crippen LogP contribution in [0.4, 0.5) is 4.39 Å². The van der Waals surface area contributed by atoms with Crippen molar-refractivity contribution in [1.29, 1.82) is 0 Å². The molecule has 0 amide bonds. The Morgan fingerprint density at radius 1 is 1.17 bits per heavy atom. The molecule has 30 heavy (non-hydrogen) atoms. The standard InChI is InChI=1S/C22H26FN5O.ClH/c1-14-20(9-10-28(4)22(14,2)3)29-21-8-7-19(26-27-21)17-6-5-15(11-18(17)23)16-12-24-25-13-16;/h5-8,11-14,20H,9-10H2,1-4H3,(H,24,25);1H. The Morgan fingerprint density at radius 3 is 2.60 bits per heavy atom. The van der Waals surface area contributed by atoms with Gasteiger partial charge in [0.15, 0.2) is 0 Å². The number of aromatic amines is 1. The molecule has 2 aromatic heterocycles. The predicted molar refractivity (Wildman–Crippen MR) is 117 cm³/mol. The van der Waals surface area contributed by atoms with E-state index in [4.69, 9.17) is 4.74 Å². The van der Waals surface area contributed by atoms with Crippen molar-refractivity contribution in [3.8, 4) is 28.3 Å². The minimum absolute atomic E-state index is 0. The first-order valence-corrected chi connectivity index (χ1v) is 9.87. The molecule has 0 radical (unpaired) electrons. The van der Waals surface area contributed by atoms with Gasteiger partial charge < -0.3 is 9.64 Å². The van der Waals surface area contributed by atoms with Gasteiger partial charge >= 0.3 is 0 Å². The Bertz CT molecular complexity index is 978. The molecule has 160 valence electrons. The molecule has 2 atom stereocenters. The summed E-state index contributed by atoms with van der Waals surface area (Å²) in [6.45, 7) is 7.65. The summed E-state index contributed by atoms with van der Waals surface area (Å²) in [6.07, 6.45) is 4.40. The molecule has 1 aliphatic rings. The highest BCUT2D eigenvalue weighted by molar-refractivity contribution is 5.85. The van der Waals surface area contributed by atoms with E-state index in [-0.39, 0.29) is 29.9 Å². The van der Waals surface area contributed by atoms with Crippen molar-refractivity contribution in [2.75, 3.05) is 13.6 Å². The van der Waals surface area contributed by atoms with Crippen LogP contribution in [0, 0.1) is 11.7 Å². The highest BCUT2D eigenvalue weighted by atomic mass is 35.5. The van der Waals surface area contributed by atoms with Crippen LogP contribution in [0.25, 0.3) is 22.4 Å². The van der Waals surface area contributed by atoms with E-state index in [1.807, 2.05) is 6.07 Å². The largest absolute Gasteiger partial charge is 0.473 e. The minimum Gasteiger partial charge on any atom is -0.473 e. The second kappa shape index (κ2) is 8.70. The van der Waals surface area contributed by atoms with Crippen LogP contribution >= 0.6 is 12.4 Å². The summed E-state index contributed by atoms with van der Waals surface area (Å²) in [7, 11) is 2.15. The number of likely N-dealkylation sites (tertiary alicyclic amines) is 1. The average molecular weight is 432 g/mol. The van der Waals surface area contributed by atoms with E-state index < -0.39 is 0 Å². The van der Waals surface area contributed by atoms with Crippen LogP contribution in [-0.4, -0.2) is 50.5 Å². The van der Waals surface area contributed by atoms with Gasteiger partial charge in [-0.3, -0.25) is 5.10 Å². The maximum absolute atomic E-state index is 14.6. The monoisotopic (exact) mass is 431 g/mol. The number of piperidine rings is 1. The van der Waals surface area contributed by atoms with Crippen molar-refractivity contribution in [3.05, 3.63) is 48.5 Å². The van der Waals surface area contributed by atoms with Gasteiger partial charge in [0.2, 0.25) is 5.88 Å². The van der Waals surface area contributed by atoms with Gasteiger partial charge in [-0.2, -0.15) is 5.10 Å². The van der Waals surface area contributed by atoms with Gasteiger partial charge in [-0.15, -0.1) is 22.6 Å². The smallest absolute Gasteiger partial charge is 0.233 e. The SMILES string of the molecule is CC1C(Oc2ccc(-c3ccc(-c4cn[nH]c4)cc3F)nn2)CCN(C)C1(C)C.Cl. The van der Waals surface area contributed by atoms with Crippen molar-refractivity contribution < 1.29 is 9.13 Å². The summed E-state index contributed by atoms with van der Waals surface area (Å²) in [4.78, 5) is 2.36. The number of H-pyrrole nitrogens is 1. The van der Waals surface area contributed by atoms with Gasteiger partial charge in [0, 0.05) is 41.4 Å². The lowest BCUT2D eigenvalue weighted by atomic mass is 9.79. The lowest BCUT2D eigenvalue weighted by molar-refractivity contribution is -0.0301. The fourth-order valence-electron chi connectivity index (χ4n) is 3.82. The van der Waals surface area contributed by atoms with Gasteiger partial charge in [-0.05, 0) is 51.1 Å². The minimum atomic E-state index is -0.350. The molecule has 0 spiro atoms. The van der Waals surface area contributed by atoms with Gasteiger partial charge in [-0.1, -0.05) is 13.0 Å². The van der Waals surface area contributed by atoms with Crippen molar-refractivity contribution in [1.82, 2.24) is 25.3 Å². The lowest BCUT2D eigenvalue weighted by Crippen LogP contribution is -2.56. The Morgan fingerprint density at radius 2 is 1.97 bits per heavy atom. The number of halogens is 2. The summed E-state index contributed by atoms with van der Waals surface area (Å²) in [5.41, 5.74) is 2.53. The fraction of sp³-hybridized carbons (Fsp3) is 0.409. The summed E-state index contributed by atoms with van der Waals surface area (Å²) in [5, 5.41) is 15.0. The fourth-order valence-corrected chi connectivity index (χ4v) is 3.82. The number of nitrogens with one attached hydrogen (secondary N) is 1. The highest BCUT2D eigenvalue weighted by Crippen LogP contribution is 2.34. The first-order valence-electron chi connectivity index (χ1n) is 9.87. The molecule has 1 aromatic carbocycles. The van der Waals surface area contributed by atoms with E-state index in [1.165, 1.54) is 6.07 Å². The number of hydrogen-bond acceptors (Lipinski definition) is 5. The first kappa shape index (κ1) is 22.2. The van der Waals surface area contributed by atoms with Gasteiger partial charge in [0.25, 0.3) is 0 Å². The molecule has 3 heterocycles. The summed E-state index contributed by atoms with van der Waals surface area (Å²) < 4.78 is 20.8. The normalized spacial score (nSPS) is 21.1. The van der Waals surface area contributed by atoms with Crippen molar-refractivity contribution in [3.63, 3.8) is 0 Å². The van der Waals surface area contributed by atoms with Crippen LogP contribution in [0.1, 0.15) is 27.2 Å². The maximum atomic E-state index is 14.6. The Labute approximate surface area is 182 Å². The molecule has 3 aromatic rings. The predicted octanol–water partition coefficient (Wildman–Crippen LogP) is 4.59. The molecular weight excluding hydrogens is 405 g/mol. The Hall–Kier alpha value is -2.51. The van der Waals surface area contributed by atoms with E-state index in [9.17, 15) is 4.39 Å². The Kier molecular flexibility index (Phi) is 6.43. The third-order valence-corrected chi connectivity index (χ3v) is 6.39. The molecule has 0 bridgehead atoms. The second-order valence-electron chi connectivity index (χ2n) is 8.25. The number of hydrogen-bond donors (Lipinski definition) is 1. The van der Waals surface area contributed by atoms with E-state index in [0.717, 1.165) is 24.1 Å². The molecule has 4 rings (SSSR count). The van der Waals surface area contributed by atoms with Crippen molar-refractivity contribution >= 4 is 12.4 Å². The van der Waals surface area contributed by atoms with Crippen LogP contribution in [-0.2, 0) is 0 Å². The number of rotatable bonds is 4. The van der Waals surface area contributed by atoms with Crippen LogP contribution < -0.4 is 4.74 Å². The third-order valence-electron chi connectivity index (χ3n) is 6.39. The van der Waals surface area contributed by atoms with Crippen LogP contribution in [0.2, 0.25) is 0 Å². The molecule has 1 aliphatic heterocycles. The molecule has 1 fully saturated rings. The highest BCUT2D eigenvalue weighted by Gasteiger charge is 2.40. The zero-order valence-corrected chi connectivity index (χ0v) is 18.4. The molecule has 1 saturated heterocycles. The van der Waals surface area contributed by atoms with E-state index >= 15 is 0 Å². The van der Waals surface area contributed by atoms with Crippen LogP contribution in [0.3, 0.4) is 0 Å². The topological polar surface area (TPSA) is 66.9 Å². The second-order valence-corrected chi connectivity index (χ2v) is 8.25. The molecule has 0 aliphatic carbocycles. The number of aromatic nitrogens is 4. The van der Waals surface area contributed by atoms with Crippen molar-refractivity contribution in [2.45, 2.75) is 38.8 Å². The summed E-state index contributed by atoms with van der Waals surface area (Å²) in [5.74, 6) is 0.467. The summed E-state index contributed by atoms with van der Waals surface area (Å²) in [6, 6.07) is 8.56. The number of ether oxygens (including phenoxy) is 1. The molecular formula is C22H27ClFN5O. The average Bonchev–Trinajstić information content (AvgIpc) is 3.24. The van der Waals surface area contributed by atoms with E-state index in [2.05, 4.69) is 53.1 Å². The quantitative estimate of drug-likeness (QED) is 0.654. The van der Waals surface area contributed by atoms with E-state index in [0.29, 0.717) is 23.1 Å². The zero-order chi connectivity index (χ0) is 20.6. The Balaban J connectivity index is 0.00000256. The van der Waals surface area contributed by atoms with Crippen molar-refractivity contribution in [2.24, 2.45) is 5.92 Å². The third kappa shape index (κ3) is 4.18. The molecule has 6 nitrogen and oxygen atoms in total. The first-order chi connectivity index (χ1) is 13.9. The van der Waals surface area contributed by atoms with Crippen LogP contribution in [0.15, 0.2) is 42.7 Å². The zero-order valence-electron chi connectivity index (χ0n) is 17.6. The molecule has 0 saturated carbocycles. The summed E-state index contributed by atoms with van der Waals surface area (Å²) >= 11 is 0. The van der Waals surface area contributed by atoms with Gasteiger partial charge in [0.05, 0.1) is 11.9 Å². The number of benzene rings is 1. The number of nitrogens with zero attached hydrogens (tertiary/aromatic N) is 4. The van der Waals surface area contributed by atoms with Gasteiger partial charge in [0.1, 0.15) is 11.9 Å². The molecule has 1 N–H and O–H groups in total. The van der Waals surface area contributed by atoms with Gasteiger partial charge in [-0.25, -0.2) is 4.39 Å². The van der Waals surface area contributed by atoms with Crippen LogP contribution in [0.5, 0.6) is 5.88 Å². The van der Waals surface area contributed by atoms with E-state index in [1.54, 1.807) is 30.6 Å². The molecule has 8 heteroatoms.